The second-order valence-corrected chi connectivity index (χ2v) is 8.06. The van der Waals surface area contributed by atoms with Crippen LogP contribution >= 0.6 is 0 Å². The quantitative estimate of drug-likeness (QED) is 0.790. The van der Waals surface area contributed by atoms with E-state index in [1.165, 1.54) is 6.42 Å². The zero-order valence-electron chi connectivity index (χ0n) is 16.7. The minimum atomic E-state index is -0.222. The van der Waals surface area contributed by atoms with Crippen LogP contribution in [0.25, 0.3) is 0 Å². The predicted octanol–water partition coefficient (Wildman–Crippen LogP) is 2.00. The molecule has 0 unspecified atom stereocenters. The summed E-state index contributed by atoms with van der Waals surface area (Å²) >= 11 is 0. The Balaban J connectivity index is 1.70. The molecule has 2 aliphatic rings. The van der Waals surface area contributed by atoms with Crippen LogP contribution in [-0.4, -0.2) is 58.3 Å². The minimum Gasteiger partial charge on any atom is -0.377 e. The number of nitrogens with one attached hydrogen (secondary N) is 1. The van der Waals surface area contributed by atoms with E-state index in [9.17, 15) is 9.59 Å². The number of aromatic nitrogens is 2. The third-order valence-electron chi connectivity index (χ3n) is 5.35. The fourth-order valence-corrected chi connectivity index (χ4v) is 3.69. The van der Waals surface area contributed by atoms with Crippen LogP contribution in [0.2, 0.25) is 0 Å². The van der Waals surface area contributed by atoms with Gasteiger partial charge >= 0.3 is 0 Å². The Kier molecular flexibility index (Phi) is 6.52. The Morgan fingerprint density at radius 1 is 1.37 bits per heavy atom. The first-order valence-corrected chi connectivity index (χ1v) is 10.2. The highest BCUT2D eigenvalue weighted by molar-refractivity contribution is 5.93. The zero-order valence-corrected chi connectivity index (χ0v) is 16.7. The molecule has 2 fully saturated rings. The van der Waals surface area contributed by atoms with Gasteiger partial charge in [-0.15, -0.1) is 0 Å². The van der Waals surface area contributed by atoms with Gasteiger partial charge in [0.1, 0.15) is 5.69 Å². The van der Waals surface area contributed by atoms with Crippen molar-refractivity contribution in [2.24, 2.45) is 5.92 Å². The summed E-state index contributed by atoms with van der Waals surface area (Å²) in [6, 6.07) is 2.00. The summed E-state index contributed by atoms with van der Waals surface area (Å²) in [4.78, 5) is 27.4. The summed E-state index contributed by atoms with van der Waals surface area (Å²) in [5.41, 5.74) is 1.56. The molecule has 0 bridgehead atoms. The zero-order chi connectivity index (χ0) is 19.4. The van der Waals surface area contributed by atoms with E-state index in [4.69, 9.17) is 4.74 Å². The predicted molar refractivity (Wildman–Crippen MR) is 102 cm³/mol. The summed E-state index contributed by atoms with van der Waals surface area (Å²) < 4.78 is 7.34. The normalized spacial score (nSPS) is 20.6. The van der Waals surface area contributed by atoms with Gasteiger partial charge in [0.15, 0.2) is 0 Å². The maximum absolute atomic E-state index is 13.2. The molecule has 2 amide bonds. The van der Waals surface area contributed by atoms with Gasteiger partial charge in [-0.3, -0.25) is 14.3 Å². The fraction of sp³-hybridized carbons (Fsp3) is 0.750. The topological polar surface area (TPSA) is 76.5 Å². The second-order valence-electron chi connectivity index (χ2n) is 8.06. The molecule has 7 heteroatoms. The van der Waals surface area contributed by atoms with Gasteiger partial charge in [0.05, 0.1) is 24.9 Å². The number of amides is 2. The van der Waals surface area contributed by atoms with E-state index < -0.39 is 0 Å². The van der Waals surface area contributed by atoms with Crippen LogP contribution in [0.1, 0.15) is 62.6 Å². The number of morpholine rings is 1. The minimum absolute atomic E-state index is 0.0116. The lowest BCUT2D eigenvalue weighted by Crippen LogP contribution is -2.52. The molecule has 1 aromatic heterocycles. The molecule has 7 nitrogen and oxygen atoms in total. The monoisotopic (exact) mass is 376 g/mol. The largest absolute Gasteiger partial charge is 0.377 e. The van der Waals surface area contributed by atoms with E-state index in [2.05, 4.69) is 24.3 Å². The maximum atomic E-state index is 13.2. The lowest BCUT2D eigenvalue weighted by atomic mass is 9.93. The molecule has 3 rings (SSSR count). The molecule has 150 valence electrons. The van der Waals surface area contributed by atoms with E-state index >= 15 is 0 Å². The molecule has 1 atom stereocenters. The van der Waals surface area contributed by atoms with Crippen molar-refractivity contribution < 1.29 is 14.3 Å². The van der Waals surface area contributed by atoms with Gasteiger partial charge in [-0.2, -0.15) is 5.10 Å². The van der Waals surface area contributed by atoms with Crippen LogP contribution in [0.4, 0.5) is 0 Å². The Morgan fingerprint density at radius 2 is 2.15 bits per heavy atom. The van der Waals surface area contributed by atoms with Gasteiger partial charge in [-0.25, -0.2) is 0 Å². The Hall–Kier alpha value is -1.89. The summed E-state index contributed by atoms with van der Waals surface area (Å²) in [7, 11) is 0. The van der Waals surface area contributed by atoms with Crippen molar-refractivity contribution in [1.82, 2.24) is 20.0 Å². The number of hydrogen-bond donors (Lipinski definition) is 1. The highest BCUT2D eigenvalue weighted by atomic mass is 16.5. The molecule has 0 radical (unpaired) electrons. The van der Waals surface area contributed by atoms with Crippen molar-refractivity contribution in [2.45, 2.75) is 71.5 Å². The van der Waals surface area contributed by atoms with E-state index in [-0.39, 0.29) is 17.9 Å². The van der Waals surface area contributed by atoms with Crippen LogP contribution < -0.4 is 5.32 Å². The lowest BCUT2D eigenvalue weighted by molar-refractivity contribution is -0.124. The van der Waals surface area contributed by atoms with Crippen LogP contribution in [0.5, 0.6) is 0 Å². The molecule has 1 aliphatic carbocycles. The second kappa shape index (κ2) is 8.87. The molecule has 1 saturated carbocycles. The van der Waals surface area contributed by atoms with Gasteiger partial charge in [-0.05, 0) is 44.6 Å². The van der Waals surface area contributed by atoms with E-state index in [1.807, 2.05) is 13.0 Å². The first-order chi connectivity index (χ1) is 13.0. The van der Waals surface area contributed by atoms with Crippen molar-refractivity contribution in [1.29, 1.82) is 0 Å². The summed E-state index contributed by atoms with van der Waals surface area (Å²) in [6.07, 6.45) is 4.44. The van der Waals surface area contributed by atoms with Gasteiger partial charge in [-0.1, -0.05) is 13.8 Å². The number of rotatable bonds is 7. The standard InChI is InChI=1S/C20H32N4O3/c1-4-24-18(11-16(22-24)10-14(2)3)20(26)23-8-9-27-13-17(23)12-19(25)21-15-6-5-7-15/h11,14-15,17H,4-10,12-13H2,1-3H3,(H,21,25)/t17-/m0/s1. The SMILES string of the molecule is CCn1nc(CC(C)C)cc1C(=O)N1CCOC[C@@H]1CC(=O)NC1CCC1. The van der Waals surface area contributed by atoms with Crippen molar-refractivity contribution >= 4 is 11.8 Å². The number of aryl methyl sites for hydroxylation is 1. The van der Waals surface area contributed by atoms with Gasteiger partial charge in [0.2, 0.25) is 5.91 Å². The molecule has 2 heterocycles. The number of ether oxygens (including phenoxy) is 1. The first kappa shape index (κ1) is 19.9. The van der Waals surface area contributed by atoms with Crippen molar-refractivity contribution in [3.63, 3.8) is 0 Å². The molecular formula is C20H32N4O3. The third-order valence-corrected chi connectivity index (χ3v) is 5.35. The van der Waals surface area contributed by atoms with E-state index in [0.717, 1.165) is 25.0 Å². The van der Waals surface area contributed by atoms with Crippen LogP contribution in [0.15, 0.2) is 6.07 Å². The smallest absolute Gasteiger partial charge is 0.272 e. The summed E-state index contributed by atoms with van der Waals surface area (Å²) in [5.74, 6) is 0.445. The highest BCUT2D eigenvalue weighted by Gasteiger charge is 2.32. The molecule has 1 N–H and O–H groups in total. The van der Waals surface area contributed by atoms with Crippen molar-refractivity contribution in [3.8, 4) is 0 Å². The fourth-order valence-electron chi connectivity index (χ4n) is 3.69. The van der Waals surface area contributed by atoms with Crippen molar-refractivity contribution in [2.75, 3.05) is 19.8 Å². The average Bonchev–Trinajstić information content (AvgIpc) is 3.00. The van der Waals surface area contributed by atoms with Crippen LogP contribution in [0.3, 0.4) is 0 Å². The number of nitrogens with zero attached hydrogens (tertiary/aromatic N) is 3. The molecule has 0 spiro atoms. The summed E-state index contributed by atoms with van der Waals surface area (Å²) in [5, 5.41) is 7.65. The average molecular weight is 377 g/mol. The number of carbonyl (C=O) groups is 2. The maximum Gasteiger partial charge on any atom is 0.272 e. The molecule has 1 aromatic rings. The molecule has 27 heavy (non-hydrogen) atoms. The van der Waals surface area contributed by atoms with Crippen LogP contribution in [-0.2, 0) is 22.5 Å². The van der Waals surface area contributed by atoms with Gasteiger partial charge in [0.25, 0.3) is 5.91 Å². The number of hydrogen-bond acceptors (Lipinski definition) is 4. The van der Waals surface area contributed by atoms with Crippen molar-refractivity contribution in [3.05, 3.63) is 17.5 Å². The highest BCUT2D eigenvalue weighted by Crippen LogP contribution is 2.20. The van der Waals surface area contributed by atoms with Gasteiger partial charge in [0, 0.05) is 25.6 Å². The molecule has 0 aromatic carbocycles. The molecule has 1 saturated heterocycles. The van der Waals surface area contributed by atoms with E-state index in [0.29, 0.717) is 50.4 Å². The number of carbonyl (C=O) groups excluding carboxylic acids is 2. The molecular weight excluding hydrogens is 344 g/mol. The lowest BCUT2D eigenvalue weighted by Gasteiger charge is -2.36. The first-order valence-electron chi connectivity index (χ1n) is 10.2. The van der Waals surface area contributed by atoms with Crippen LogP contribution in [0, 0.1) is 5.92 Å². The Labute approximate surface area is 161 Å². The Morgan fingerprint density at radius 3 is 2.78 bits per heavy atom. The molecule has 1 aliphatic heterocycles. The van der Waals surface area contributed by atoms with E-state index in [1.54, 1.807) is 9.58 Å². The third kappa shape index (κ3) is 4.89. The van der Waals surface area contributed by atoms with Gasteiger partial charge < -0.3 is 15.0 Å². The summed E-state index contributed by atoms with van der Waals surface area (Å²) in [6.45, 7) is 8.35. The Bertz CT molecular complexity index is 666.